The maximum atomic E-state index is 10.6. The van der Waals surface area contributed by atoms with Crippen LogP contribution in [0.4, 0.5) is 11.4 Å². The highest BCUT2D eigenvalue weighted by Crippen LogP contribution is 2.22. The number of nitro benzene ring substituents is 1. The number of ether oxygens (including phenoxy) is 1. The Kier molecular flexibility index (Phi) is 3.58. The van der Waals surface area contributed by atoms with Gasteiger partial charge in [-0.05, 0) is 25.0 Å². The monoisotopic (exact) mass is 236 g/mol. The van der Waals surface area contributed by atoms with Crippen LogP contribution in [0.15, 0.2) is 18.2 Å². The number of benzene rings is 1. The zero-order valence-corrected chi connectivity index (χ0v) is 9.81. The van der Waals surface area contributed by atoms with Crippen LogP contribution in [0.5, 0.6) is 0 Å². The third-order valence-electron chi connectivity index (χ3n) is 3.03. The molecule has 1 aliphatic rings. The minimum absolute atomic E-state index is 0.136. The van der Waals surface area contributed by atoms with Gasteiger partial charge in [0, 0.05) is 36.9 Å². The van der Waals surface area contributed by atoms with Gasteiger partial charge in [-0.1, -0.05) is 0 Å². The van der Waals surface area contributed by atoms with Gasteiger partial charge in [0.15, 0.2) is 0 Å². The summed E-state index contributed by atoms with van der Waals surface area (Å²) in [4.78, 5) is 10.2. The van der Waals surface area contributed by atoms with Crippen molar-refractivity contribution in [3.63, 3.8) is 0 Å². The quantitative estimate of drug-likeness (QED) is 0.643. The van der Waals surface area contributed by atoms with E-state index in [2.05, 4.69) is 5.32 Å². The molecular weight excluding hydrogens is 220 g/mol. The van der Waals surface area contributed by atoms with Crippen molar-refractivity contribution < 1.29 is 9.66 Å². The molecule has 2 rings (SSSR count). The van der Waals surface area contributed by atoms with E-state index in [9.17, 15) is 10.1 Å². The molecule has 1 saturated heterocycles. The van der Waals surface area contributed by atoms with Gasteiger partial charge in [-0.25, -0.2) is 0 Å². The van der Waals surface area contributed by atoms with Gasteiger partial charge in [0.1, 0.15) is 0 Å². The van der Waals surface area contributed by atoms with E-state index in [4.69, 9.17) is 4.74 Å². The summed E-state index contributed by atoms with van der Waals surface area (Å²) < 4.78 is 5.30. The zero-order chi connectivity index (χ0) is 12.3. The molecule has 0 saturated carbocycles. The molecule has 1 fully saturated rings. The first-order valence-corrected chi connectivity index (χ1v) is 5.73. The lowest BCUT2D eigenvalue weighted by Gasteiger charge is -2.12. The first-order chi connectivity index (χ1) is 8.16. The van der Waals surface area contributed by atoms with Gasteiger partial charge in [0.05, 0.1) is 11.5 Å². The molecule has 0 aromatic heterocycles. The molecule has 5 nitrogen and oxygen atoms in total. The van der Waals surface area contributed by atoms with Crippen molar-refractivity contribution >= 4 is 11.4 Å². The summed E-state index contributed by atoms with van der Waals surface area (Å²) in [6.45, 7) is 4.38. The van der Waals surface area contributed by atoms with Crippen LogP contribution in [0.3, 0.4) is 0 Å². The molecule has 0 radical (unpaired) electrons. The largest absolute Gasteiger partial charge is 0.384 e. The number of hydrogen-bond donors (Lipinski definition) is 1. The first-order valence-electron chi connectivity index (χ1n) is 5.73. The van der Waals surface area contributed by atoms with Crippen LogP contribution in [0.1, 0.15) is 12.0 Å². The van der Waals surface area contributed by atoms with Crippen LogP contribution < -0.4 is 5.32 Å². The molecule has 0 aliphatic carbocycles. The van der Waals surface area contributed by atoms with Crippen LogP contribution >= 0.6 is 0 Å². The van der Waals surface area contributed by atoms with E-state index in [0.717, 1.165) is 37.4 Å². The Morgan fingerprint density at radius 3 is 3.00 bits per heavy atom. The lowest BCUT2D eigenvalue weighted by molar-refractivity contribution is -0.384. The fraction of sp³-hybridized carbons (Fsp3) is 0.500. The van der Waals surface area contributed by atoms with Gasteiger partial charge in [-0.2, -0.15) is 0 Å². The number of nitrogens with zero attached hydrogens (tertiary/aromatic N) is 1. The summed E-state index contributed by atoms with van der Waals surface area (Å²) in [5.74, 6) is 0.546. The van der Waals surface area contributed by atoms with E-state index in [1.54, 1.807) is 12.1 Å². The minimum atomic E-state index is -0.373. The normalized spacial score (nSPS) is 19.2. The van der Waals surface area contributed by atoms with Gasteiger partial charge < -0.3 is 10.1 Å². The van der Waals surface area contributed by atoms with Crippen LogP contribution in [0, 0.1) is 23.0 Å². The molecule has 0 bridgehead atoms. The second-order valence-corrected chi connectivity index (χ2v) is 4.37. The van der Waals surface area contributed by atoms with E-state index < -0.39 is 0 Å². The Bertz CT molecular complexity index is 414. The molecular formula is C12H16N2O3. The molecule has 0 spiro atoms. The molecule has 5 heteroatoms. The third-order valence-corrected chi connectivity index (χ3v) is 3.03. The maximum absolute atomic E-state index is 10.6. The van der Waals surface area contributed by atoms with Gasteiger partial charge in [-0.3, -0.25) is 10.1 Å². The summed E-state index contributed by atoms with van der Waals surface area (Å²) in [5, 5.41) is 13.9. The van der Waals surface area contributed by atoms with E-state index >= 15 is 0 Å². The Hall–Kier alpha value is -1.62. The van der Waals surface area contributed by atoms with E-state index in [1.165, 1.54) is 6.07 Å². The number of anilines is 1. The minimum Gasteiger partial charge on any atom is -0.384 e. The Balaban J connectivity index is 1.98. The molecule has 1 aromatic rings. The lowest BCUT2D eigenvalue weighted by Crippen LogP contribution is -2.14. The zero-order valence-electron chi connectivity index (χ0n) is 9.81. The predicted octanol–water partition coefficient (Wildman–Crippen LogP) is 2.35. The van der Waals surface area contributed by atoms with Crippen molar-refractivity contribution in [2.75, 3.05) is 25.1 Å². The third kappa shape index (κ3) is 2.94. The second-order valence-electron chi connectivity index (χ2n) is 4.37. The molecule has 1 aliphatic heterocycles. The summed E-state index contributed by atoms with van der Waals surface area (Å²) in [6.07, 6.45) is 1.08. The highest BCUT2D eigenvalue weighted by atomic mass is 16.6. The van der Waals surface area contributed by atoms with E-state index in [-0.39, 0.29) is 10.6 Å². The average Bonchev–Trinajstić information content (AvgIpc) is 2.80. The molecule has 1 aromatic carbocycles. The molecule has 17 heavy (non-hydrogen) atoms. The van der Waals surface area contributed by atoms with Crippen LogP contribution in [0.25, 0.3) is 0 Å². The van der Waals surface area contributed by atoms with Crippen molar-refractivity contribution in [2.24, 2.45) is 5.92 Å². The topological polar surface area (TPSA) is 64.4 Å². The average molecular weight is 236 g/mol. The first kappa shape index (κ1) is 11.9. The second kappa shape index (κ2) is 5.14. The van der Waals surface area contributed by atoms with Crippen molar-refractivity contribution in [1.29, 1.82) is 0 Å². The smallest absolute Gasteiger partial charge is 0.269 e. The number of aryl methyl sites for hydroxylation is 1. The Labute approximate surface area is 99.9 Å². The van der Waals surface area contributed by atoms with Crippen molar-refractivity contribution in [3.8, 4) is 0 Å². The van der Waals surface area contributed by atoms with Gasteiger partial charge in [0.2, 0.25) is 0 Å². The SMILES string of the molecule is Cc1cc([N+](=O)[O-])ccc1NCC1CCOC1. The molecule has 1 N–H and O–H groups in total. The number of non-ortho nitro benzene ring substituents is 1. The molecule has 92 valence electrons. The highest BCUT2D eigenvalue weighted by Gasteiger charge is 2.15. The fourth-order valence-electron chi connectivity index (χ4n) is 1.96. The standard InChI is InChI=1S/C12H16N2O3/c1-9-6-11(14(15)16)2-3-12(9)13-7-10-4-5-17-8-10/h2-3,6,10,13H,4-5,7-8H2,1H3. The van der Waals surface area contributed by atoms with Crippen molar-refractivity contribution in [1.82, 2.24) is 0 Å². The predicted molar refractivity (Wildman–Crippen MR) is 65.2 cm³/mol. The summed E-state index contributed by atoms with van der Waals surface area (Å²) in [7, 11) is 0. The number of nitrogens with one attached hydrogen (secondary N) is 1. The summed E-state index contributed by atoms with van der Waals surface area (Å²) in [5.41, 5.74) is 2.00. The molecule has 0 amide bonds. The van der Waals surface area contributed by atoms with Gasteiger partial charge >= 0.3 is 0 Å². The number of rotatable bonds is 4. The van der Waals surface area contributed by atoms with Crippen LogP contribution in [-0.2, 0) is 4.74 Å². The molecule has 1 unspecified atom stereocenters. The van der Waals surface area contributed by atoms with Crippen LogP contribution in [-0.4, -0.2) is 24.7 Å². The van der Waals surface area contributed by atoms with Crippen molar-refractivity contribution in [2.45, 2.75) is 13.3 Å². The Morgan fingerprint density at radius 1 is 1.59 bits per heavy atom. The van der Waals surface area contributed by atoms with E-state index in [1.807, 2.05) is 6.92 Å². The summed E-state index contributed by atoms with van der Waals surface area (Å²) in [6, 6.07) is 4.89. The van der Waals surface area contributed by atoms with Crippen molar-refractivity contribution in [3.05, 3.63) is 33.9 Å². The highest BCUT2D eigenvalue weighted by molar-refractivity contribution is 5.55. The molecule has 1 atom stereocenters. The van der Waals surface area contributed by atoms with Gasteiger partial charge in [-0.15, -0.1) is 0 Å². The molecule has 1 heterocycles. The summed E-state index contributed by atoms with van der Waals surface area (Å²) >= 11 is 0. The number of nitro groups is 1. The van der Waals surface area contributed by atoms with E-state index in [0.29, 0.717) is 5.92 Å². The fourth-order valence-corrected chi connectivity index (χ4v) is 1.96. The Morgan fingerprint density at radius 2 is 2.41 bits per heavy atom. The van der Waals surface area contributed by atoms with Crippen LogP contribution in [0.2, 0.25) is 0 Å². The number of hydrogen-bond acceptors (Lipinski definition) is 4. The lowest BCUT2D eigenvalue weighted by atomic mass is 10.1. The maximum Gasteiger partial charge on any atom is 0.269 e. The van der Waals surface area contributed by atoms with Gasteiger partial charge in [0.25, 0.3) is 5.69 Å².